The third kappa shape index (κ3) is 3.44. The Kier molecular flexibility index (Phi) is 5.93. The van der Waals surface area contributed by atoms with Crippen molar-refractivity contribution >= 4 is 0 Å². The monoisotopic (exact) mass is 184 g/mol. The van der Waals surface area contributed by atoms with Gasteiger partial charge in [-0.05, 0) is 13.0 Å². The van der Waals surface area contributed by atoms with Gasteiger partial charge in [-0.3, -0.25) is 5.26 Å². The minimum absolute atomic E-state index is 0. The molecule has 1 N–H and O–H groups in total. The van der Waals surface area contributed by atoms with E-state index in [2.05, 4.69) is 4.89 Å². The van der Waals surface area contributed by atoms with Crippen LogP contribution in [0.15, 0.2) is 24.3 Å². The first-order valence-electron chi connectivity index (χ1n) is 3.85. The molecule has 0 atom stereocenters. The molecule has 3 heteroatoms. The highest BCUT2D eigenvalue weighted by molar-refractivity contribution is 5.32. The first-order chi connectivity index (χ1) is 5.88. The van der Waals surface area contributed by atoms with Gasteiger partial charge in [0.05, 0.1) is 6.61 Å². The Balaban J connectivity index is 0.00000144. The normalized spacial score (nSPS) is 9.08. The van der Waals surface area contributed by atoms with Crippen molar-refractivity contribution in [2.45, 2.75) is 21.0 Å². The largest absolute Gasteiger partial charge is 0.494 e. The molecule has 1 rings (SSSR count). The molecular weight excluding hydrogens is 168 g/mol. The minimum atomic E-state index is 0. The quantitative estimate of drug-likeness (QED) is 0.577. The molecule has 1 aromatic carbocycles. The molecule has 0 heterocycles. The van der Waals surface area contributed by atoms with Gasteiger partial charge in [0.2, 0.25) is 0 Å². The van der Waals surface area contributed by atoms with Crippen LogP contribution in [0.1, 0.15) is 19.9 Å². The summed E-state index contributed by atoms with van der Waals surface area (Å²) in [6.07, 6.45) is 0. The van der Waals surface area contributed by atoms with Crippen molar-refractivity contribution in [2.24, 2.45) is 0 Å². The first-order valence-corrected chi connectivity index (χ1v) is 3.85. The molecular formula is C10H16O3. The fourth-order valence-electron chi connectivity index (χ4n) is 0.989. The zero-order chi connectivity index (χ0) is 8.81. The van der Waals surface area contributed by atoms with Crippen molar-refractivity contribution < 1.29 is 14.9 Å². The van der Waals surface area contributed by atoms with Gasteiger partial charge in [-0.25, -0.2) is 4.89 Å². The van der Waals surface area contributed by atoms with E-state index < -0.39 is 0 Å². The molecule has 74 valence electrons. The van der Waals surface area contributed by atoms with Gasteiger partial charge in [0.15, 0.2) is 0 Å². The van der Waals surface area contributed by atoms with Gasteiger partial charge in [-0.15, -0.1) is 0 Å². The highest BCUT2D eigenvalue weighted by atomic mass is 17.1. The molecule has 0 spiro atoms. The Hall–Kier alpha value is -1.06. The maximum absolute atomic E-state index is 8.26. The molecule has 0 aliphatic heterocycles. The standard InChI is InChI=1S/C9H12O3.CH4/c1-2-11-9-6-4-3-5-8(9)7-12-10;/h3-6,10H,2,7H2,1H3;1H4. The van der Waals surface area contributed by atoms with Crippen LogP contribution in [0.3, 0.4) is 0 Å². The molecule has 0 radical (unpaired) electrons. The molecule has 0 bridgehead atoms. The number of ether oxygens (including phenoxy) is 1. The number of benzene rings is 1. The fraction of sp³-hybridized carbons (Fsp3) is 0.400. The van der Waals surface area contributed by atoms with Crippen LogP contribution >= 0.6 is 0 Å². The maximum atomic E-state index is 8.26. The van der Waals surface area contributed by atoms with Gasteiger partial charge < -0.3 is 4.74 Å². The Bertz CT molecular complexity index is 210. The van der Waals surface area contributed by atoms with Gasteiger partial charge in [0, 0.05) is 5.56 Å². The lowest BCUT2D eigenvalue weighted by molar-refractivity contribution is -0.253. The molecule has 0 aromatic heterocycles. The highest BCUT2D eigenvalue weighted by Crippen LogP contribution is 2.18. The third-order valence-electron chi connectivity index (χ3n) is 1.49. The van der Waals surface area contributed by atoms with Crippen LogP contribution < -0.4 is 4.74 Å². The molecule has 3 nitrogen and oxygen atoms in total. The van der Waals surface area contributed by atoms with Crippen molar-refractivity contribution in [3.05, 3.63) is 29.8 Å². The highest BCUT2D eigenvalue weighted by Gasteiger charge is 2.00. The smallest absolute Gasteiger partial charge is 0.124 e. The minimum Gasteiger partial charge on any atom is -0.494 e. The molecule has 13 heavy (non-hydrogen) atoms. The van der Waals surface area contributed by atoms with Gasteiger partial charge in [-0.2, -0.15) is 0 Å². The molecule has 0 aliphatic carbocycles. The van der Waals surface area contributed by atoms with Gasteiger partial charge >= 0.3 is 0 Å². The molecule has 0 aliphatic rings. The molecule has 0 amide bonds. The molecule has 1 aromatic rings. The topological polar surface area (TPSA) is 38.7 Å². The van der Waals surface area contributed by atoms with Gasteiger partial charge in [-0.1, -0.05) is 25.6 Å². The zero-order valence-electron chi connectivity index (χ0n) is 6.99. The number of hydrogen-bond donors (Lipinski definition) is 1. The van der Waals surface area contributed by atoms with E-state index in [9.17, 15) is 0 Å². The van der Waals surface area contributed by atoms with Crippen LogP contribution in [0.2, 0.25) is 0 Å². The van der Waals surface area contributed by atoms with Crippen molar-refractivity contribution in [2.75, 3.05) is 6.61 Å². The molecule has 0 saturated carbocycles. The van der Waals surface area contributed by atoms with Crippen molar-refractivity contribution in [1.82, 2.24) is 0 Å². The van der Waals surface area contributed by atoms with Crippen molar-refractivity contribution in [1.29, 1.82) is 0 Å². The first kappa shape index (κ1) is 11.9. The second-order valence-electron chi connectivity index (χ2n) is 2.31. The summed E-state index contributed by atoms with van der Waals surface area (Å²) in [6.45, 7) is 2.69. The molecule has 0 saturated heterocycles. The Morgan fingerprint density at radius 1 is 1.31 bits per heavy atom. The van der Waals surface area contributed by atoms with E-state index in [4.69, 9.17) is 9.99 Å². The average Bonchev–Trinajstić information content (AvgIpc) is 2.09. The lowest BCUT2D eigenvalue weighted by atomic mass is 10.2. The Labute approximate surface area is 78.8 Å². The summed E-state index contributed by atoms with van der Waals surface area (Å²) >= 11 is 0. The van der Waals surface area contributed by atoms with E-state index >= 15 is 0 Å². The van der Waals surface area contributed by atoms with Gasteiger partial charge in [0.25, 0.3) is 0 Å². The van der Waals surface area contributed by atoms with E-state index in [0.717, 1.165) is 11.3 Å². The van der Waals surface area contributed by atoms with E-state index in [1.807, 2.05) is 31.2 Å². The summed E-state index contributed by atoms with van der Waals surface area (Å²) in [7, 11) is 0. The summed E-state index contributed by atoms with van der Waals surface area (Å²) in [5.74, 6) is 0.758. The van der Waals surface area contributed by atoms with Crippen LogP contribution in [-0.2, 0) is 11.5 Å². The average molecular weight is 184 g/mol. The Morgan fingerprint density at radius 2 is 2.00 bits per heavy atom. The summed E-state index contributed by atoms with van der Waals surface area (Å²) in [4.78, 5) is 4.03. The second-order valence-corrected chi connectivity index (χ2v) is 2.31. The lowest BCUT2D eigenvalue weighted by Crippen LogP contribution is -1.97. The SMILES string of the molecule is C.CCOc1ccccc1COO. The van der Waals surface area contributed by atoms with Crippen molar-refractivity contribution in [3.63, 3.8) is 0 Å². The molecule has 0 fully saturated rings. The van der Waals surface area contributed by atoms with Gasteiger partial charge in [0.1, 0.15) is 12.4 Å². The lowest BCUT2D eigenvalue weighted by Gasteiger charge is -2.07. The summed E-state index contributed by atoms with van der Waals surface area (Å²) in [5, 5.41) is 8.26. The van der Waals surface area contributed by atoms with Crippen LogP contribution in [0.5, 0.6) is 5.75 Å². The predicted octanol–water partition coefficient (Wildman–Crippen LogP) is 2.71. The van der Waals surface area contributed by atoms with Crippen LogP contribution in [0.25, 0.3) is 0 Å². The zero-order valence-corrected chi connectivity index (χ0v) is 6.99. The van der Waals surface area contributed by atoms with Crippen LogP contribution in [-0.4, -0.2) is 11.9 Å². The predicted molar refractivity (Wildman–Crippen MR) is 51.8 cm³/mol. The number of para-hydroxylation sites is 1. The Morgan fingerprint density at radius 3 is 2.62 bits per heavy atom. The number of hydrogen-bond acceptors (Lipinski definition) is 3. The van der Waals surface area contributed by atoms with E-state index in [0.29, 0.717) is 6.61 Å². The summed E-state index contributed by atoms with van der Waals surface area (Å²) in [5.41, 5.74) is 0.849. The third-order valence-corrected chi connectivity index (χ3v) is 1.49. The second kappa shape index (κ2) is 6.46. The van der Waals surface area contributed by atoms with Crippen LogP contribution in [0.4, 0.5) is 0 Å². The van der Waals surface area contributed by atoms with E-state index in [1.54, 1.807) is 0 Å². The fourth-order valence-corrected chi connectivity index (χ4v) is 0.989. The van der Waals surface area contributed by atoms with E-state index in [1.165, 1.54) is 0 Å². The van der Waals surface area contributed by atoms with E-state index in [-0.39, 0.29) is 14.0 Å². The summed E-state index contributed by atoms with van der Waals surface area (Å²) in [6, 6.07) is 7.45. The molecule has 0 unspecified atom stereocenters. The summed E-state index contributed by atoms with van der Waals surface area (Å²) < 4.78 is 5.30. The maximum Gasteiger partial charge on any atom is 0.124 e. The number of rotatable bonds is 4. The van der Waals surface area contributed by atoms with Crippen LogP contribution in [0, 0.1) is 0 Å². The van der Waals surface area contributed by atoms with Crippen molar-refractivity contribution in [3.8, 4) is 5.75 Å².